The number of piperidine rings is 1. The molecule has 2 aromatic rings. The van der Waals surface area contributed by atoms with Crippen molar-refractivity contribution in [3.63, 3.8) is 0 Å². The molecule has 1 aromatic heterocycles. The molecule has 4 rings (SSSR count). The number of benzene rings is 1. The lowest BCUT2D eigenvalue weighted by molar-refractivity contribution is 0.444. The molecular weight excluding hydrogens is 284 g/mol. The van der Waals surface area contributed by atoms with Crippen molar-refractivity contribution in [1.29, 1.82) is 0 Å². The molecule has 2 unspecified atom stereocenters. The summed E-state index contributed by atoms with van der Waals surface area (Å²) in [5.41, 5.74) is 2.70. The quantitative estimate of drug-likeness (QED) is 0.845. The minimum Gasteiger partial charge on any atom is -0.356 e. The molecule has 4 heteroatoms. The van der Waals surface area contributed by atoms with Crippen LogP contribution in [-0.4, -0.2) is 29.1 Å². The largest absolute Gasteiger partial charge is 0.356 e. The summed E-state index contributed by atoms with van der Waals surface area (Å²) in [7, 11) is 0. The first-order chi connectivity index (χ1) is 11.2. The molecule has 1 aromatic carbocycles. The van der Waals surface area contributed by atoms with Gasteiger partial charge in [0.25, 0.3) is 0 Å². The molecule has 3 heterocycles. The minimum absolute atomic E-state index is 0.440. The SMILES string of the molecule is CC1CCCN(c2cc(N3c4ccccc4CC3C)ncn2)C1. The maximum atomic E-state index is 4.57. The third kappa shape index (κ3) is 2.67. The average molecular weight is 308 g/mol. The van der Waals surface area contributed by atoms with E-state index in [2.05, 4.69) is 63.9 Å². The van der Waals surface area contributed by atoms with Crippen molar-refractivity contribution in [1.82, 2.24) is 9.97 Å². The van der Waals surface area contributed by atoms with Crippen molar-refractivity contribution in [3.05, 3.63) is 42.2 Å². The second kappa shape index (κ2) is 5.84. The Morgan fingerprint density at radius 2 is 1.91 bits per heavy atom. The molecule has 2 aliphatic rings. The zero-order valence-corrected chi connectivity index (χ0v) is 13.9. The summed E-state index contributed by atoms with van der Waals surface area (Å²) in [4.78, 5) is 13.9. The van der Waals surface area contributed by atoms with E-state index in [0.717, 1.165) is 37.1 Å². The fourth-order valence-electron chi connectivity index (χ4n) is 3.95. The van der Waals surface area contributed by atoms with Gasteiger partial charge in [-0.2, -0.15) is 0 Å². The fraction of sp³-hybridized carbons (Fsp3) is 0.474. The van der Waals surface area contributed by atoms with E-state index in [4.69, 9.17) is 0 Å². The molecule has 0 N–H and O–H groups in total. The predicted molar refractivity (Wildman–Crippen MR) is 94.4 cm³/mol. The van der Waals surface area contributed by atoms with E-state index >= 15 is 0 Å². The van der Waals surface area contributed by atoms with Gasteiger partial charge in [-0.25, -0.2) is 9.97 Å². The Kier molecular flexibility index (Phi) is 3.68. The van der Waals surface area contributed by atoms with Crippen LogP contribution in [0.2, 0.25) is 0 Å². The van der Waals surface area contributed by atoms with E-state index < -0.39 is 0 Å². The number of anilines is 3. The van der Waals surface area contributed by atoms with Crippen LogP contribution in [0.25, 0.3) is 0 Å². The highest BCUT2D eigenvalue weighted by atomic mass is 15.3. The maximum Gasteiger partial charge on any atom is 0.138 e. The molecule has 0 saturated carbocycles. The molecule has 0 spiro atoms. The van der Waals surface area contributed by atoms with Crippen LogP contribution in [0.4, 0.5) is 17.3 Å². The van der Waals surface area contributed by atoms with Crippen LogP contribution in [0, 0.1) is 5.92 Å². The highest BCUT2D eigenvalue weighted by Crippen LogP contribution is 2.37. The highest BCUT2D eigenvalue weighted by Gasteiger charge is 2.28. The van der Waals surface area contributed by atoms with Crippen molar-refractivity contribution in [2.75, 3.05) is 22.9 Å². The monoisotopic (exact) mass is 308 g/mol. The van der Waals surface area contributed by atoms with Crippen molar-refractivity contribution in [3.8, 4) is 0 Å². The van der Waals surface area contributed by atoms with Crippen molar-refractivity contribution >= 4 is 17.3 Å². The summed E-state index contributed by atoms with van der Waals surface area (Å²) < 4.78 is 0. The first kappa shape index (κ1) is 14.5. The fourth-order valence-corrected chi connectivity index (χ4v) is 3.95. The number of rotatable bonds is 2. The highest BCUT2D eigenvalue weighted by molar-refractivity contribution is 5.70. The Hall–Kier alpha value is -2.10. The molecule has 0 aliphatic carbocycles. The molecule has 0 bridgehead atoms. The smallest absolute Gasteiger partial charge is 0.138 e. The van der Waals surface area contributed by atoms with Gasteiger partial charge >= 0.3 is 0 Å². The molecular formula is C19H24N4. The summed E-state index contributed by atoms with van der Waals surface area (Å²) in [5, 5.41) is 0. The second-order valence-corrected chi connectivity index (χ2v) is 6.98. The summed E-state index contributed by atoms with van der Waals surface area (Å²) in [6, 6.07) is 11.3. The number of hydrogen-bond acceptors (Lipinski definition) is 4. The summed E-state index contributed by atoms with van der Waals surface area (Å²) in [6.07, 6.45) is 5.38. The van der Waals surface area contributed by atoms with Gasteiger partial charge < -0.3 is 9.80 Å². The van der Waals surface area contributed by atoms with Crippen LogP contribution < -0.4 is 9.80 Å². The third-order valence-corrected chi connectivity index (χ3v) is 5.07. The van der Waals surface area contributed by atoms with Crippen molar-refractivity contribution in [2.45, 2.75) is 39.2 Å². The Balaban J connectivity index is 1.66. The lowest BCUT2D eigenvalue weighted by atomic mass is 10.0. The van der Waals surface area contributed by atoms with E-state index in [1.807, 2.05) is 0 Å². The molecule has 2 aliphatic heterocycles. The Morgan fingerprint density at radius 3 is 2.78 bits per heavy atom. The first-order valence-corrected chi connectivity index (χ1v) is 8.66. The summed E-state index contributed by atoms with van der Waals surface area (Å²) in [6.45, 7) is 6.80. The van der Waals surface area contributed by atoms with Gasteiger partial charge in [0.2, 0.25) is 0 Å². The van der Waals surface area contributed by atoms with E-state index in [-0.39, 0.29) is 0 Å². The van der Waals surface area contributed by atoms with Gasteiger partial charge in [-0.05, 0) is 43.7 Å². The number of aromatic nitrogens is 2. The molecule has 2 atom stereocenters. The molecule has 0 amide bonds. The van der Waals surface area contributed by atoms with Gasteiger partial charge in [-0.3, -0.25) is 0 Å². The number of para-hydroxylation sites is 1. The van der Waals surface area contributed by atoms with E-state index in [1.54, 1.807) is 6.33 Å². The Morgan fingerprint density at radius 1 is 1.09 bits per heavy atom. The van der Waals surface area contributed by atoms with Crippen LogP contribution in [0.1, 0.15) is 32.3 Å². The third-order valence-electron chi connectivity index (χ3n) is 5.07. The van der Waals surface area contributed by atoms with Crippen LogP contribution in [-0.2, 0) is 6.42 Å². The van der Waals surface area contributed by atoms with Crippen molar-refractivity contribution < 1.29 is 0 Å². The van der Waals surface area contributed by atoms with Gasteiger partial charge in [0, 0.05) is 30.9 Å². The minimum atomic E-state index is 0.440. The van der Waals surface area contributed by atoms with Crippen LogP contribution in [0.3, 0.4) is 0 Å². The van der Waals surface area contributed by atoms with Gasteiger partial charge in [0.05, 0.1) is 0 Å². The zero-order chi connectivity index (χ0) is 15.8. The molecule has 23 heavy (non-hydrogen) atoms. The van der Waals surface area contributed by atoms with Crippen LogP contribution in [0.15, 0.2) is 36.7 Å². The molecule has 1 saturated heterocycles. The Labute approximate surface area is 138 Å². The maximum absolute atomic E-state index is 4.57. The lowest BCUT2D eigenvalue weighted by Crippen LogP contribution is -2.35. The van der Waals surface area contributed by atoms with Gasteiger partial charge in [0.1, 0.15) is 18.0 Å². The molecule has 1 fully saturated rings. The van der Waals surface area contributed by atoms with Crippen LogP contribution >= 0.6 is 0 Å². The molecule has 120 valence electrons. The topological polar surface area (TPSA) is 32.3 Å². The standard InChI is InChI=1S/C19H24N4/c1-14-6-5-9-22(12-14)18-11-19(21-13-20-18)23-15(2)10-16-7-3-4-8-17(16)23/h3-4,7-8,11,13-15H,5-6,9-10,12H2,1-2H3. The lowest BCUT2D eigenvalue weighted by Gasteiger charge is -2.32. The molecule has 0 radical (unpaired) electrons. The summed E-state index contributed by atoms with van der Waals surface area (Å²) in [5.74, 6) is 2.83. The first-order valence-electron chi connectivity index (χ1n) is 8.66. The normalized spacial score (nSPS) is 23.9. The van der Waals surface area contributed by atoms with E-state index in [1.165, 1.54) is 24.1 Å². The van der Waals surface area contributed by atoms with E-state index in [9.17, 15) is 0 Å². The zero-order valence-electron chi connectivity index (χ0n) is 13.9. The second-order valence-electron chi connectivity index (χ2n) is 6.98. The van der Waals surface area contributed by atoms with E-state index in [0.29, 0.717) is 6.04 Å². The number of hydrogen-bond donors (Lipinski definition) is 0. The van der Waals surface area contributed by atoms with Crippen LogP contribution in [0.5, 0.6) is 0 Å². The molecule has 4 nitrogen and oxygen atoms in total. The van der Waals surface area contributed by atoms with Gasteiger partial charge in [0.15, 0.2) is 0 Å². The summed E-state index contributed by atoms with van der Waals surface area (Å²) >= 11 is 0. The average Bonchev–Trinajstić information content (AvgIpc) is 2.91. The van der Waals surface area contributed by atoms with Crippen molar-refractivity contribution in [2.24, 2.45) is 5.92 Å². The van der Waals surface area contributed by atoms with Gasteiger partial charge in [-0.15, -0.1) is 0 Å². The Bertz CT molecular complexity index is 699. The van der Waals surface area contributed by atoms with Gasteiger partial charge in [-0.1, -0.05) is 25.1 Å². The number of nitrogens with zero attached hydrogens (tertiary/aromatic N) is 4. The number of fused-ring (bicyclic) bond motifs is 1. The predicted octanol–water partition coefficient (Wildman–Crippen LogP) is 3.80.